The summed E-state index contributed by atoms with van der Waals surface area (Å²) in [5.74, 6) is 0. The van der Waals surface area contributed by atoms with Crippen LogP contribution in [0.25, 0.3) is 0 Å². The maximum Gasteiger partial charge on any atom is 0.0628 e. The summed E-state index contributed by atoms with van der Waals surface area (Å²) in [7, 11) is 0. The van der Waals surface area contributed by atoms with Crippen molar-refractivity contribution in [2.75, 3.05) is 6.61 Å². The Labute approximate surface area is 91.1 Å². The summed E-state index contributed by atoms with van der Waals surface area (Å²) >= 11 is 0. The minimum Gasteiger partial charge on any atom is -0.394 e. The van der Waals surface area contributed by atoms with Crippen molar-refractivity contribution in [2.24, 2.45) is 5.73 Å². The maximum absolute atomic E-state index is 9.11. The molecule has 3 N–H and O–H groups in total. The highest BCUT2D eigenvalue weighted by atomic mass is 16.3. The van der Waals surface area contributed by atoms with Gasteiger partial charge < -0.3 is 10.8 Å². The van der Waals surface area contributed by atoms with Crippen molar-refractivity contribution < 1.29 is 5.11 Å². The van der Waals surface area contributed by atoms with Gasteiger partial charge in [-0.3, -0.25) is 4.68 Å². The SMILES string of the molecule is CCc1c(C)nn(CC(C)(N)CO)c1C. The summed E-state index contributed by atoms with van der Waals surface area (Å²) in [5.41, 5.74) is 8.80. The molecule has 1 aromatic rings. The predicted molar refractivity (Wildman–Crippen MR) is 60.8 cm³/mol. The summed E-state index contributed by atoms with van der Waals surface area (Å²) in [6, 6.07) is 0. The van der Waals surface area contributed by atoms with Crippen molar-refractivity contribution in [2.45, 2.75) is 46.2 Å². The molecule has 0 amide bonds. The lowest BCUT2D eigenvalue weighted by atomic mass is 10.1. The third-order valence-corrected chi connectivity index (χ3v) is 2.76. The average Bonchev–Trinajstić information content (AvgIpc) is 2.41. The van der Waals surface area contributed by atoms with Crippen LogP contribution < -0.4 is 5.73 Å². The lowest BCUT2D eigenvalue weighted by molar-refractivity contribution is 0.187. The van der Waals surface area contributed by atoms with E-state index >= 15 is 0 Å². The molecule has 1 aromatic heterocycles. The smallest absolute Gasteiger partial charge is 0.0628 e. The van der Waals surface area contributed by atoms with Crippen LogP contribution in [0.3, 0.4) is 0 Å². The Kier molecular flexibility index (Phi) is 3.52. The van der Waals surface area contributed by atoms with Gasteiger partial charge in [0.15, 0.2) is 0 Å². The van der Waals surface area contributed by atoms with E-state index in [0.29, 0.717) is 6.54 Å². The van der Waals surface area contributed by atoms with Gasteiger partial charge in [-0.1, -0.05) is 6.92 Å². The van der Waals surface area contributed by atoms with Crippen LogP contribution in [0.2, 0.25) is 0 Å². The molecule has 4 heteroatoms. The van der Waals surface area contributed by atoms with Gasteiger partial charge in [-0.05, 0) is 32.8 Å². The fourth-order valence-electron chi connectivity index (χ4n) is 1.79. The van der Waals surface area contributed by atoms with Crippen LogP contribution >= 0.6 is 0 Å². The highest BCUT2D eigenvalue weighted by molar-refractivity contribution is 5.24. The lowest BCUT2D eigenvalue weighted by Gasteiger charge is -2.22. The third kappa shape index (κ3) is 2.58. The summed E-state index contributed by atoms with van der Waals surface area (Å²) in [4.78, 5) is 0. The number of aliphatic hydroxyl groups excluding tert-OH is 1. The van der Waals surface area contributed by atoms with Crippen molar-refractivity contribution in [3.8, 4) is 0 Å². The molecule has 86 valence electrons. The van der Waals surface area contributed by atoms with Gasteiger partial charge in [-0.15, -0.1) is 0 Å². The molecule has 0 fully saturated rings. The van der Waals surface area contributed by atoms with E-state index < -0.39 is 5.54 Å². The molecule has 0 spiro atoms. The summed E-state index contributed by atoms with van der Waals surface area (Å²) in [6.07, 6.45) is 0.984. The predicted octanol–water partition coefficient (Wildman–Crippen LogP) is 0.772. The number of nitrogens with two attached hydrogens (primary N) is 1. The molecule has 0 aromatic carbocycles. The quantitative estimate of drug-likeness (QED) is 0.773. The molecule has 1 unspecified atom stereocenters. The van der Waals surface area contributed by atoms with E-state index in [1.54, 1.807) is 0 Å². The number of rotatable bonds is 4. The molecule has 0 aliphatic rings. The molecule has 1 rings (SSSR count). The van der Waals surface area contributed by atoms with Gasteiger partial charge in [-0.2, -0.15) is 5.10 Å². The molecular formula is C11H21N3O. The number of aryl methyl sites for hydroxylation is 1. The minimum absolute atomic E-state index is 0.0349. The molecule has 0 saturated heterocycles. The molecule has 0 aliphatic carbocycles. The van der Waals surface area contributed by atoms with E-state index in [1.807, 2.05) is 25.5 Å². The molecule has 0 radical (unpaired) electrons. The van der Waals surface area contributed by atoms with Gasteiger partial charge in [0.25, 0.3) is 0 Å². The molecule has 1 heterocycles. The molecule has 0 saturated carbocycles. The van der Waals surface area contributed by atoms with Crippen molar-refractivity contribution in [1.29, 1.82) is 0 Å². The molecule has 1 atom stereocenters. The van der Waals surface area contributed by atoms with Crippen molar-refractivity contribution in [3.05, 3.63) is 17.0 Å². The average molecular weight is 211 g/mol. The van der Waals surface area contributed by atoms with E-state index in [4.69, 9.17) is 10.8 Å². The van der Waals surface area contributed by atoms with E-state index in [0.717, 1.165) is 17.8 Å². The first-order chi connectivity index (χ1) is 6.91. The fraction of sp³-hybridized carbons (Fsp3) is 0.727. The number of nitrogens with zero attached hydrogens (tertiary/aromatic N) is 2. The summed E-state index contributed by atoms with van der Waals surface area (Å²) in [6.45, 7) is 8.52. The van der Waals surface area contributed by atoms with Crippen LogP contribution in [0.15, 0.2) is 0 Å². The van der Waals surface area contributed by atoms with Gasteiger partial charge in [-0.25, -0.2) is 0 Å². The number of hydrogen-bond acceptors (Lipinski definition) is 3. The van der Waals surface area contributed by atoms with E-state index in [2.05, 4.69) is 12.0 Å². The van der Waals surface area contributed by atoms with Crippen molar-refractivity contribution in [3.63, 3.8) is 0 Å². The minimum atomic E-state index is -0.603. The van der Waals surface area contributed by atoms with Gasteiger partial charge in [0.2, 0.25) is 0 Å². The molecule has 15 heavy (non-hydrogen) atoms. The molecule has 4 nitrogen and oxygen atoms in total. The fourth-order valence-corrected chi connectivity index (χ4v) is 1.79. The van der Waals surface area contributed by atoms with E-state index in [-0.39, 0.29) is 6.61 Å². The van der Waals surface area contributed by atoms with Gasteiger partial charge in [0.1, 0.15) is 0 Å². The first-order valence-corrected chi connectivity index (χ1v) is 5.34. The van der Waals surface area contributed by atoms with E-state index in [9.17, 15) is 0 Å². The zero-order valence-electron chi connectivity index (χ0n) is 10.0. The zero-order chi connectivity index (χ0) is 11.6. The largest absolute Gasteiger partial charge is 0.394 e. The summed E-state index contributed by atoms with van der Waals surface area (Å²) < 4.78 is 1.89. The van der Waals surface area contributed by atoms with Gasteiger partial charge >= 0.3 is 0 Å². The zero-order valence-corrected chi connectivity index (χ0v) is 10.0. The second-order valence-corrected chi connectivity index (χ2v) is 4.47. The van der Waals surface area contributed by atoms with E-state index in [1.165, 1.54) is 5.56 Å². The second-order valence-electron chi connectivity index (χ2n) is 4.47. The topological polar surface area (TPSA) is 64.1 Å². The van der Waals surface area contributed by atoms with Crippen molar-refractivity contribution >= 4 is 0 Å². The van der Waals surface area contributed by atoms with Crippen LogP contribution in [0.5, 0.6) is 0 Å². The Morgan fingerprint density at radius 1 is 1.47 bits per heavy atom. The van der Waals surface area contributed by atoms with Crippen LogP contribution in [-0.2, 0) is 13.0 Å². The number of aromatic nitrogens is 2. The Hall–Kier alpha value is -0.870. The molecular weight excluding hydrogens is 190 g/mol. The standard InChI is InChI=1S/C11H21N3O/c1-5-10-8(2)13-14(9(10)3)6-11(4,12)7-15/h15H,5-7,12H2,1-4H3. The molecule has 0 aliphatic heterocycles. The maximum atomic E-state index is 9.11. The summed E-state index contributed by atoms with van der Waals surface area (Å²) in [5, 5.41) is 13.6. The van der Waals surface area contributed by atoms with Crippen LogP contribution in [-0.4, -0.2) is 27.0 Å². The Bertz CT molecular complexity index is 342. The monoisotopic (exact) mass is 211 g/mol. The van der Waals surface area contributed by atoms with Gasteiger partial charge in [0.05, 0.1) is 24.4 Å². The number of hydrogen-bond donors (Lipinski definition) is 2. The Morgan fingerprint density at radius 3 is 2.47 bits per heavy atom. The highest BCUT2D eigenvalue weighted by Gasteiger charge is 2.20. The normalized spacial score (nSPS) is 15.3. The van der Waals surface area contributed by atoms with Crippen LogP contribution in [0.4, 0.5) is 0 Å². The highest BCUT2D eigenvalue weighted by Crippen LogP contribution is 2.15. The first-order valence-electron chi connectivity index (χ1n) is 5.34. The lowest BCUT2D eigenvalue weighted by Crippen LogP contribution is -2.44. The van der Waals surface area contributed by atoms with Crippen LogP contribution in [0, 0.1) is 13.8 Å². The van der Waals surface area contributed by atoms with Gasteiger partial charge in [0, 0.05) is 5.69 Å². The first kappa shape index (κ1) is 12.2. The Morgan fingerprint density at radius 2 is 2.07 bits per heavy atom. The third-order valence-electron chi connectivity index (χ3n) is 2.76. The number of aliphatic hydroxyl groups is 1. The Balaban J connectivity index is 2.97. The van der Waals surface area contributed by atoms with Crippen molar-refractivity contribution in [1.82, 2.24) is 9.78 Å². The molecule has 0 bridgehead atoms. The second kappa shape index (κ2) is 4.33. The van der Waals surface area contributed by atoms with Crippen LogP contribution in [0.1, 0.15) is 30.8 Å².